The smallest absolute Gasteiger partial charge is 0.240 e. The van der Waals surface area contributed by atoms with Crippen LogP contribution in [0.4, 0.5) is 0 Å². The predicted molar refractivity (Wildman–Crippen MR) is 183 cm³/mol. The lowest BCUT2D eigenvalue weighted by atomic mass is 9.87. The van der Waals surface area contributed by atoms with Gasteiger partial charge < -0.3 is 24.8 Å². The number of sulfonamides is 1. The highest BCUT2D eigenvalue weighted by Gasteiger charge is 2.62. The van der Waals surface area contributed by atoms with E-state index in [1.807, 2.05) is 36.4 Å². The minimum Gasteiger partial charge on any atom is -0.494 e. The highest BCUT2D eigenvalue weighted by Crippen LogP contribution is 2.57. The van der Waals surface area contributed by atoms with Gasteiger partial charge in [0.2, 0.25) is 27.7 Å². The lowest BCUT2D eigenvalue weighted by molar-refractivity contribution is -0.141. The number of nitrogens with zero attached hydrogens (tertiary/aromatic N) is 2. The molecule has 1 aromatic heterocycles. The fraction of sp³-hybridized carbons (Fsp3) is 0.611. The first kappa shape index (κ1) is 35.3. The Morgan fingerprint density at radius 2 is 1.88 bits per heavy atom. The molecule has 2 aromatic rings. The van der Waals surface area contributed by atoms with Gasteiger partial charge in [0.1, 0.15) is 11.9 Å². The van der Waals surface area contributed by atoms with Crippen molar-refractivity contribution >= 4 is 38.4 Å². The van der Waals surface area contributed by atoms with Crippen LogP contribution in [-0.2, 0) is 29.1 Å². The molecule has 266 valence electrons. The number of hydrogen-bond acceptors (Lipinski definition) is 10. The van der Waals surface area contributed by atoms with E-state index in [4.69, 9.17) is 19.9 Å². The quantitative estimate of drug-likeness (QED) is 0.390. The molecule has 6 rings (SSSR count). The van der Waals surface area contributed by atoms with Gasteiger partial charge in [-0.2, -0.15) is 0 Å². The molecule has 1 saturated heterocycles. The molecule has 3 N–H and O–H groups in total. The number of pyridine rings is 1. The van der Waals surface area contributed by atoms with Crippen molar-refractivity contribution in [2.45, 2.75) is 88.1 Å². The molecule has 0 bridgehead atoms. The lowest BCUT2D eigenvalue weighted by Crippen LogP contribution is -2.53. The Kier molecular flexibility index (Phi) is 9.82. The lowest BCUT2D eigenvalue weighted by Gasteiger charge is -2.31. The van der Waals surface area contributed by atoms with Gasteiger partial charge in [0, 0.05) is 36.6 Å². The summed E-state index contributed by atoms with van der Waals surface area (Å²) >= 11 is 0. The van der Waals surface area contributed by atoms with Crippen molar-refractivity contribution in [2.75, 3.05) is 27.4 Å². The van der Waals surface area contributed by atoms with E-state index < -0.39 is 44.3 Å². The summed E-state index contributed by atoms with van der Waals surface area (Å²) in [5.41, 5.74) is 5.47. The summed E-state index contributed by atoms with van der Waals surface area (Å²) in [5, 5.41) is 1.54. The number of rotatable bonds is 8. The van der Waals surface area contributed by atoms with E-state index in [1.165, 1.54) is 4.90 Å². The first-order valence-electron chi connectivity index (χ1n) is 17.2. The van der Waals surface area contributed by atoms with Crippen LogP contribution in [0.3, 0.4) is 0 Å². The molecule has 3 fully saturated rings. The number of nitrogens with one attached hydrogen (secondary N) is 1. The predicted octanol–water partition coefficient (Wildman–Crippen LogP) is 3.52. The zero-order valence-corrected chi connectivity index (χ0v) is 29.5. The molecule has 2 saturated carbocycles. The van der Waals surface area contributed by atoms with Crippen LogP contribution in [0.1, 0.15) is 65.2 Å². The number of ketones is 1. The van der Waals surface area contributed by atoms with Crippen LogP contribution in [0.15, 0.2) is 42.6 Å². The number of methoxy groups -OCH3 is 2. The molecular formula is C36H48N4O8S. The average Bonchev–Trinajstić information content (AvgIpc) is 3.96. The number of ether oxygens (including phenoxy) is 3. The number of amides is 2. The van der Waals surface area contributed by atoms with E-state index in [9.17, 15) is 22.8 Å². The van der Waals surface area contributed by atoms with E-state index in [1.54, 1.807) is 27.3 Å². The van der Waals surface area contributed by atoms with Gasteiger partial charge in [-0.15, -0.1) is 0 Å². The number of nitrogens with two attached hydrogens (primary N) is 1. The first-order chi connectivity index (χ1) is 23.3. The normalized spacial score (nSPS) is 32.3. The standard InChI is InChI=1S/C36H48N4O8S/c1-22-9-5-6-10-24-17-36(24,34(43)39-49(44,45)35(2)13-14-35)18-29(41)28-16-25(20-40(28)33(42)31(37)23(15-22)21-46-3)48-32-27-12-8-7-11-26(27)30(47-4)19-38-32/h6-8,10-12,19,22-25,28,31H,5,9,13-18,20-21,37H2,1-4H3,(H,39,43)/b10-6-/t22?,23-,24+,25+,28-,31-,36+/m0/s1. The Balaban J connectivity index is 1.32. The minimum atomic E-state index is -3.91. The van der Waals surface area contributed by atoms with Crippen molar-refractivity contribution < 1.29 is 37.0 Å². The van der Waals surface area contributed by atoms with E-state index in [0.29, 0.717) is 43.9 Å². The number of benzene rings is 1. The third-order valence-corrected chi connectivity index (χ3v) is 13.3. The second kappa shape index (κ2) is 13.6. The number of Topliss-reactive ketones (excluding diaryl/α,β-unsaturated/α-hetero) is 1. The van der Waals surface area contributed by atoms with Crippen molar-refractivity contribution in [2.24, 2.45) is 28.9 Å². The van der Waals surface area contributed by atoms with Crippen LogP contribution in [0.2, 0.25) is 0 Å². The number of carbonyl (C=O) groups excluding carboxylic acids is 3. The maximum absolute atomic E-state index is 14.4. The van der Waals surface area contributed by atoms with E-state index >= 15 is 0 Å². The van der Waals surface area contributed by atoms with Crippen molar-refractivity contribution in [3.05, 3.63) is 42.6 Å². The summed E-state index contributed by atoms with van der Waals surface area (Å²) in [6.45, 7) is 4.12. The molecule has 1 aromatic carbocycles. The topological polar surface area (TPSA) is 167 Å². The monoisotopic (exact) mass is 696 g/mol. The summed E-state index contributed by atoms with van der Waals surface area (Å²) in [5.74, 6) is -0.768. The van der Waals surface area contributed by atoms with Gasteiger partial charge in [0.25, 0.3) is 0 Å². The van der Waals surface area contributed by atoms with Crippen molar-refractivity contribution in [3.63, 3.8) is 0 Å². The van der Waals surface area contributed by atoms with E-state index in [0.717, 1.165) is 23.6 Å². The summed E-state index contributed by atoms with van der Waals surface area (Å²) in [6, 6.07) is 5.68. The SMILES string of the molecule is COC[C@@H]1CC(C)CC/C=C\[C@@H]2C[C@@]2(C(=O)NS(=O)(=O)C2(C)CC2)CC(=O)[C@@H]2C[C@@H](Oc3ncc(OC)c4ccccc34)CN2C(=O)[C@H]1N. The zero-order valence-electron chi connectivity index (χ0n) is 28.7. The molecule has 4 aliphatic rings. The van der Waals surface area contributed by atoms with Crippen LogP contribution in [-0.4, -0.2) is 86.2 Å². The summed E-state index contributed by atoms with van der Waals surface area (Å²) in [4.78, 5) is 48.4. The van der Waals surface area contributed by atoms with Gasteiger partial charge in [0.15, 0.2) is 5.78 Å². The van der Waals surface area contributed by atoms with E-state index in [-0.39, 0.29) is 48.8 Å². The molecule has 0 radical (unpaired) electrons. The Morgan fingerprint density at radius 3 is 2.57 bits per heavy atom. The maximum atomic E-state index is 14.4. The van der Waals surface area contributed by atoms with Gasteiger partial charge in [-0.3, -0.25) is 19.1 Å². The third kappa shape index (κ3) is 6.94. The Labute approximate surface area is 288 Å². The van der Waals surface area contributed by atoms with Gasteiger partial charge in [-0.05, 0) is 63.4 Å². The summed E-state index contributed by atoms with van der Waals surface area (Å²) < 4.78 is 45.0. The number of allylic oxidation sites excluding steroid dienone is 2. The van der Waals surface area contributed by atoms with Crippen LogP contribution in [0, 0.1) is 23.2 Å². The average molecular weight is 697 g/mol. The molecular weight excluding hydrogens is 648 g/mol. The Bertz CT molecular complexity index is 1740. The maximum Gasteiger partial charge on any atom is 0.240 e. The molecule has 2 amide bonds. The van der Waals surface area contributed by atoms with Crippen molar-refractivity contribution in [3.8, 4) is 11.6 Å². The van der Waals surface area contributed by atoms with E-state index in [2.05, 4.69) is 16.6 Å². The van der Waals surface area contributed by atoms with Gasteiger partial charge in [-0.1, -0.05) is 37.3 Å². The molecule has 0 spiro atoms. The largest absolute Gasteiger partial charge is 0.494 e. The second-order valence-electron chi connectivity index (χ2n) is 14.7. The van der Waals surface area contributed by atoms with Crippen LogP contribution >= 0.6 is 0 Å². The van der Waals surface area contributed by atoms with Gasteiger partial charge in [-0.25, -0.2) is 13.4 Å². The molecule has 13 heteroatoms. The number of carbonyl (C=O) groups is 3. The Hall–Kier alpha value is -3.55. The number of hydrogen-bond donors (Lipinski definition) is 2. The molecule has 49 heavy (non-hydrogen) atoms. The first-order valence-corrected chi connectivity index (χ1v) is 18.7. The van der Waals surface area contributed by atoms with Crippen molar-refractivity contribution in [1.82, 2.24) is 14.6 Å². The molecule has 12 nitrogen and oxygen atoms in total. The highest BCUT2D eigenvalue weighted by molar-refractivity contribution is 7.91. The van der Waals surface area contributed by atoms with Gasteiger partial charge in [0.05, 0.1) is 48.7 Å². The molecule has 7 atom stereocenters. The fourth-order valence-corrected chi connectivity index (χ4v) is 8.87. The second-order valence-corrected chi connectivity index (χ2v) is 16.9. The van der Waals surface area contributed by atoms with Crippen LogP contribution in [0.5, 0.6) is 11.6 Å². The summed E-state index contributed by atoms with van der Waals surface area (Å²) in [7, 11) is -0.762. The Morgan fingerprint density at radius 1 is 1.14 bits per heavy atom. The number of fused-ring (bicyclic) bond motifs is 3. The molecule has 2 aliphatic heterocycles. The fourth-order valence-electron chi connectivity index (χ4n) is 7.54. The minimum absolute atomic E-state index is 0.0928. The van der Waals surface area contributed by atoms with Crippen LogP contribution in [0.25, 0.3) is 10.8 Å². The molecule has 1 unspecified atom stereocenters. The highest BCUT2D eigenvalue weighted by atomic mass is 32.2. The molecule has 3 heterocycles. The van der Waals surface area contributed by atoms with Crippen LogP contribution < -0.4 is 19.9 Å². The zero-order chi connectivity index (χ0) is 35.1. The van der Waals surface area contributed by atoms with Gasteiger partial charge >= 0.3 is 0 Å². The summed E-state index contributed by atoms with van der Waals surface area (Å²) in [6.07, 6.45) is 8.45. The molecule has 2 aliphatic carbocycles. The number of aromatic nitrogens is 1. The van der Waals surface area contributed by atoms with Crippen molar-refractivity contribution in [1.29, 1.82) is 0 Å². The third-order valence-electron chi connectivity index (χ3n) is 11.1.